The van der Waals surface area contributed by atoms with Crippen molar-refractivity contribution in [2.45, 2.75) is 37.0 Å². The van der Waals surface area contributed by atoms with Gasteiger partial charge in [0.05, 0.1) is 5.66 Å². The van der Waals surface area contributed by atoms with Crippen LogP contribution in [0.3, 0.4) is 0 Å². The third-order valence-electron chi connectivity index (χ3n) is 5.59. The maximum absolute atomic E-state index is 13.2. The summed E-state index contributed by atoms with van der Waals surface area (Å²) in [6.45, 7) is 4.08. The molecular weight excluding hydrogens is 366 g/mol. The van der Waals surface area contributed by atoms with E-state index in [4.69, 9.17) is 4.74 Å². The molecule has 0 spiro atoms. The minimum atomic E-state index is -0.671. The summed E-state index contributed by atoms with van der Waals surface area (Å²) in [4.78, 5) is 41.4. The Kier molecular flexibility index (Phi) is 3.48. The molecule has 1 aromatic rings. The molecule has 2 fully saturated rings. The third-order valence-corrected chi connectivity index (χ3v) is 6.91. The standard InChI is InChI=1S/C19H19N3O4S/c1-19(2)20-12(10-6-4-3-5-7-10)15(23)22(19)14-16(24)21-13-11(8-26-18(13)25)9-27-17(14)21/h3-7,12,14,17,20H,8-9H2,1-2H3. The first-order valence-electron chi connectivity index (χ1n) is 8.90. The number of fused-ring (bicyclic) bond motifs is 2. The van der Waals surface area contributed by atoms with Crippen LogP contribution in [0.2, 0.25) is 0 Å². The number of benzene rings is 1. The number of amides is 2. The van der Waals surface area contributed by atoms with Crippen LogP contribution in [0.1, 0.15) is 25.5 Å². The molecule has 2 saturated heterocycles. The van der Waals surface area contributed by atoms with Gasteiger partial charge in [-0.1, -0.05) is 30.3 Å². The van der Waals surface area contributed by atoms with E-state index < -0.39 is 23.7 Å². The molecule has 27 heavy (non-hydrogen) atoms. The molecule has 8 heteroatoms. The molecule has 4 aliphatic heterocycles. The van der Waals surface area contributed by atoms with Crippen LogP contribution >= 0.6 is 11.8 Å². The predicted octanol–water partition coefficient (Wildman–Crippen LogP) is 0.990. The fraction of sp³-hybridized carbons (Fsp3) is 0.421. The molecule has 140 valence electrons. The minimum Gasteiger partial charge on any atom is -0.456 e. The minimum absolute atomic E-state index is 0.112. The highest BCUT2D eigenvalue weighted by molar-refractivity contribution is 8.00. The summed E-state index contributed by atoms with van der Waals surface area (Å²) >= 11 is 1.58. The lowest BCUT2D eigenvalue weighted by atomic mass is 9.99. The summed E-state index contributed by atoms with van der Waals surface area (Å²) in [5.74, 6) is -0.118. The maximum Gasteiger partial charge on any atom is 0.355 e. The van der Waals surface area contributed by atoms with Crippen molar-refractivity contribution in [2.75, 3.05) is 12.4 Å². The maximum atomic E-state index is 13.2. The lowest BCUT2D eigenvalue weighted by Crippen LogP contribution is -2.73. The molecule has 0 bridgehead atoms. The molecule has 0 radical (unpaired) electrons. The molecule has 4 aliphatic rings. The Morgan fingerprint density at radius 3 is 2.63 bits per heavy atom. The van der Waals surface area contributed by atoms with Gasteiger partial charge >= 0.3 is 5.97 Å². The van der Waals surface area contributed by atoms with Gasteiger partial charge in [-0.2, -0.15) is 0 Å². The first-order valence-corrected chi connectivity index (χ1v) is 9.94. The third kappa shape index (κ3) is 2.23. The SMILES string of the molecule is CC1(C)NC(c2ccccc2)C(=O)N1C1C(=O)N2C3=C(COC3=O)CSC12. The van der Waals surface area contributed by atoms with E-state index >= 15 is 0 Å². The van der Waals surface area contributed by atoms with Gasteiger partial charge in [0, 0.05) is 11.3 Å². The second kappa shape index (κ2) is 5.59. The van der Waals surface area contributed by atoms with Crippen molar-refractivity contribution >= 4 is 29.5 Å². The van der Waals surface area contributed by atoms with Crippen LogP contribution in [0.5, 0.6) is 0 Å². The first-order chi connectivity index (χ1) is 12.9. The topological polar surface area (TPSA) is 79.0 Å². The van der Waals surface area contributed by atoms with Gasteiger partial charge in [0.25, 0.3) is 5.91 Å². The fourth-order valence-corrected chi connectivity index (χ4v) is 5.71. The van der Waals surface area contributed by atoms with Crippen molar-refractivity contribution in [2.24, 2.45) is 0 Å². The highest BCUT2D eigenvalue weighted by Crippen LogP contribution is 2.47. The van der Waals surface area contributed by atoms with E-state index in [9.17, 15) is 14.4 Å². The fourth-order valence-electron chi connectivity index (χ4n) is 4.34. The van der Waals surface area contributed by atoms with E-state index in [2.05, 4.69) is 5.32 Å². The molecule has 3 atom stereocenters. The van der Waals surface area contributed by atoms with E-state index in [0.717, 1.165) is 11.1 Å². The number of ether oxygens (including phenoxy) is 1. The molecular formula is C19H19N3O4S. The predicted molar refractivity (Wildman–Crippen MR) is 98.1 cm³/mol. The molecule has 1 aromatic carbocycles. The average molecular weight is 385 g/mol. The zero-order valence-electron chi connectivity index (χ0n) is 15.0. The molecule has 0 saturated carbocycles. The van der Waals surface area contributed by atoms with Crippen molar-refractivity contribution in [1.82, 2.24) is 15.1 Å². The second-order valence-corrected chi connectivity index (χ2v) is 8.74. The van der Waals surface area contributed by atoms with Crippen molar-refractivity contribution in [3.63, 3.8) is 0 Å². The highest BCUT2D eigenvalue weighted by Gasteiger charge is 2.62. The summed E-state index contributed by atoms with van der Waals surface area (Å²) in [6.07, 6.45) is 0. The van der Waals surface area contributed by atoms with Crippen LogP contribution < -0.4 is 5.32 Å². The van der Waals surface area contributed by atoms with Gasteiger partial charge in [0.15, 0.2) is 0 Å². The van der Waals surface area contributed by atoms with Crippen molar-refractivity contribution in [1.29, 1.82) is 0 Å². The van der Waals surface area contributed by atoms with Crippen LogP contribution in [-0.2, 0) is 19.1 Å². The quantitative estimate of drug-likeness (QED) is 0.604. The number of hydrogen-bond donors (Lipinski definition) is 1. The highest BCUT2D eigenvalue weighted by atomic mass is 32.2. The number of nitrogens with one attached hydrogen (secondary N) is 1. The summed E-state index contributed by atoms with van der Waals surface area (Å²) < 4.78 is 5.09. The van der Waals surface area contributed by atoms with Gasteiger partial charge in [0.2, 0.25) is 5.91 Å². The van der Waals surface area contributed by atoms with E-state index in [1.165, 1.54) is 4.90 Å². The Hall–Kier alpha value is -2.32. The van der Waals surface area contributed by atoms with Gasteiger partial charge in [0.1, 0.15) is 29.8 Å². The zero-order valence-corrected chi connectivity index (χ0v) is 15.8. The van der Waals surface area contributed by atoms with E-state index in [1.807, 2.05) is 44.2 Å². The molecule has 3 unspecified atom stereocenters. The second-order valence-electron chi connectivity index (χ2n) is 7.64. The van der Waals surface area contributed by atoms with Gasteiger partial charge in [-0.05, 0) is 19.4 Å². The number of rotatable bonds is 2. The van der Waals surface area contributed by atoms with Gasteiger partial charge < -0.3 is 9.64 Å². The first kappa shape index (κ1) is 16.8. The summed E-state index contributed by atoms with van der Waals surface area (Å²) in [6, 6.07) is 8.45. The normalized spacial score (nSPS) is 31.6. The zero-order chi connectivity index (χ0) is 18.9. The Bertz CT molecular complexity index is 897. The number of hydrogen-bond acceptors (Lipinski definition) is 6. The summed E-state index contributed by atoms with van der Waals surface area (Å²) in [5, 5.41) is 3.11. The molecule has 4 heterocycles. The number of carbonyl (C=O) groups is 3. The van der Waals surface area contributed by atoms with Gasteiger partial charge in [-0.15, -0.1) is 11.8 Å². The summed E-state index contributed by atoms with van der Waals surface area (Å²) in [5.41, 5.74) is 1.45. The van der Waals surface area contributed by atoms with E-state index in [0.29, 0.717) is 11.4 Å². The van der Waals surface area contributed by atoms with E-state index in [1.54, 1.807) is 16.7 Å². The van der Waals surface area contributed by atoms with Crippen molar-refractivity contribution < 1.29 is 19.1 Å². The lowest BCUT2D eigenvalue weighted by molar-refractivity contribution is -0.162. The van der Waals surface area contributed by atoms with Crippen molar-refractivity contribution in [3.8, 4) is 0 Å². The number of thioether (sulfide) groups is 1. The van der Waals surface area contributed by atoms with Gasteiger partial charge in [-0.3, -0.25) is 19.8 Å². The average Bonchev–Trinajstić information content (AvgIpc) is 3.13. The van der Waals surface area contributed by atoms with Crippen LogP contribution in [0.4, 0.5) is 0 Å². The van der Waals surface area contributed by atoms with Crippen LogP contribution in [0, 0.1) is 0 Å². The number of β-lactam (4-membered cyclic amide) rings is 1. The molecule has 5 rings (SSSR count). The Balaban J connectivity index is 1.46. The largest absolute Gasteiger partial charge is 0.456 e. The molecule has 2 amide bonds. The Labute approximate surface area is 160 Å². The molecule has 0 aliphatic carbocycles. The molecule has 1 N–H and O–H groups in total. The van der Waals surface area contributed by atoms with Crippen LogP contribution in [0.15, 0.2) is 41.6 Å². The monoisotopic (exact) mass is 385 g/mol. The smallest absolute Gasteiger partial charge is 0.355 e. The number of carbonyl (C=O) groups excluding carboxylic acids is 3. The van der Waals surface area contributed by atoms with Crippen LogP contribution in [-0.4, -0.2) is 57.0 Å². The number of esters is 1. The number of nitrogens with zero attached hydrogens (tertiary/aromatic N) is 2. The lowest BCUT2D eigenvalue weighted by Gasteiger charge is -2.53. The summed E-state index contributed by atoms with van der Waals surface area (Å²) in [7, 11) is 0. The van der Waals surface area contributed by atoms with Crippen LogP contribution in [0.25, 0.3) is 0 Å². The Morgan fingerprint density at radius 1 is 1.15 bits per heavy atom. The molecule has 0 aromatic heterocycles. The molecule has 7 nitrogen and oxygen atoms in total. The Morgan fingerprint density at radius 2 is 1.89 bits per heavy atom. The number of cyclic esters (lactones) is 1. The van der Waals surface area contributed by atoms with Crippen molar-refractivity contribution in [3.05, 3.63) is 47.2 Å². The van der Waals surface area contributed by atoms with E-state index in [-0.39, 0.29) is 23.8 Å². The van der Waals surface area contributed by atoms with Gasteiger partial charge in [-0.25, -0.2) is 4.79 Å².